The summed E-state index contributed by atoms with van der Waals surface area (Å²) in [6.07, 6.45) is 0.897. The monoisotopic (exact) mass is 251 g/mol. The zero-order chi connectivity index (χ0) is 13.1. The Balaban J connectivity index is 2.22. The topological polar surface area (TPSA) is 49.3 Å². The van der Waals surface area contributed by atoms with Crippen molar-refractivity contribution in [3.05, 3.63) is 35.6 Å². The molecule has 4 heteroatoms. The number of benzene rings is 1. The lowest BCUT2D eigenvalue weighted by Crippen LogP contribution is -2.40. The molecule has 1 aromatic rings. The van der Waals surface area contributed by atoms with Crippen LogP contribution in [0.4, 0.5) is 4.39 Å². The standard InChI is InChI=1S/C14H18FNO2/c1-9(14(17)18)13-8-16-7-6-12(13)10-2-4-11(15)5-3-10/h2-5,9,12-13,16H,6-8H2,1H3,(H,17,18)/t9?,12-,13-/m1/s1. The van der Waals surface area contributed by atoms with E-state index in [0.717, 1.165) is 18.5 Å². The molecule has 2 N–H and O–H groups in total. The molecule has 0 radical (unpaired) electrons. The predicted molar refractivity (Wildman–Crippen MR) is 66.9 cm³/mol. The summed E-state index contributed by atoms with van der Waals surface area (Å²) in [5.41, 5.74) is 1.04. The van der Waals surface area contributed by atoms with E-state index in [1.165, 1.54) is 12.1 Å². The molecule has 0 aliphatic carbocycles. The van der Waals surface area contributed by atoms with Crippen LogP contribution >= 0.6 is 0 Å². The van der Waals surface area contributed by atoms with Crippen LogP contribution in [0.5, 0.6) is 0 Å². The van der Waals surface area contributed by atoms with Crippen molar-refractivity contribution in [1.29, 1.82) is 0 Å². The lowest BCUT2D eigenvalue weighted by molar-refractivity contribution is -0.143. The van der Waals surface area contributed by atoms with Crippen LogP contribution in [0.3, 0.4) is 0 Å². The second kappa shape index (κ2) is 5.48. The third-order valence-electron chi connectivity index (χ3n) is 3.86. The summed E-state index contributed by atoms with van der Waals surface area (Å²) < 4.78 is 12.9. The third kappa shape index (κ3) is 2.70. The molecule has 1 heterocycles. The van der Waals surface area contributed by atoms with Gasteiger partial charge in [0.1, 0.15) is 5.82 Å². The number of nitrogens with one attached hydrogen (secondary N) is 1. The molecule has 1 aliphatic rings. The molecule has 3 nitrogen and oxygen atoms in total. The molecular formula is C14H18FNO2. The maximum absolute atomic E-state index is 12.9. The van der Waals surface area contributed by atoms with Gasteiger partial charge in [0.25, 0.3) is 0 Å². The van der Waals surface area contributed by atoms with Gasteiger partial charge in [-0.1, -0.05) is 19.1 Å². The Hall–Kier alpha value is -1.42. The molecule has 0 amide bonds. The molecule has 1 aliphatic heterocycles. The lowest BCUT2D eigenvalue weighted by atomic mass is 9.75. The first kappa shape index (κ1) is 13.0. The summed E-state index contributed by atoms with van der Waals surface area (Å²) in [5, 5.41) is 12.4. The number of carboxylic acid groups (broad SMARTS) is 1. The largest absolute Gasteiger partial charge is 0.481 e. The van der Waals surface area contributed by atoms with E-state index in [4.69, 9.17) is 5.11 Å². The molecule has 0 spiro atoms. The van der Waals surface area contributed by atoms with Crippen molar-refractivity contribution >= 4 is 5.97 Å². The van der Waals surface area contributed by atoms with Crippen molar-refractivity contribution in [3.63, 3.8) is 0 Å². The number of hydrogen-bond donors (Lipinski definition) is 2. The fraction of sp³-hybridized carbons (Fsp3) is 0.500. The van der Waals surface area contributed by atoms with Crippen molar-refractivity contribution < 1.29 is 14.3 Å². The highest BCUT2D eigenvalue weighted by Crippen LogP contribution is 2.35. The number of carbonyl (C=O) groups is 1. The molecule has 1 fully saturated rings. The average Bonchev–Trinajstić information content (AvgIpc) is 2.39. The van der Waals surface area contributed by atoms with Crippen LogP contribution in [0.2, 0.25) is 0 Å². The predicted octanol–water partition coefficient (Wildman–Crippen LogP) is 2.24. The second-order valence-electron chi connectivity index (χ2n) is 4.94. The molecule has 98 valence electrons. The van der Waals surface area contributed by atoms with Crippen LogP contribution < -0.4 is 5.32 Å². The van der Waals surface area contributed by atoms with Crippen molar-refractivity contribution in [2.24, 2.45) is 11.8 Å². The first-order valence-corrected chi connectivity index (χ1v) is 6.28. The first-order chi connectivity index (χ1) is 8.59. The number of aliphatic carboxylic acids is 1. The van der Waals surface area contributed by atoms with E-state index in [9.17, 15) is 9.18 Å². The van der Waals surface area contributed by atoms with Crippen LogP contribution in [0.15, 0.2) is 24.3 Å². The summed E-state index contributed by atoms with van der Waals surface area (Å²) in [6, 6.07) is 6.43. The van der Waals surface area contributed by atoms with E-state index in [1.54, 1.807) is 19.1 Å². The Morgan fingerprint density at radius 3 is 2.72 bits per heavy atom. The molecule has 18 heavy (non-hydrogen) atoms. The Morgan fingerprint density at radius 1 is 1.44 bits per heavy atom. The number of rotatable bonds is 3. The molecule has 1 unspecified atom stereocenters. The zero-order valence-electron chi connectivity index (χ0n) is 10.4. The molecule has 2 rings (SSSR count). The molecule has 3 atom stereocenters. The fourth-order valence-electron chi connectivity index (χ4n) is 2.71. The van der Waals surface area contributed by atoms with E-state index in [2.05, 4.69) is 5.32 Å². The van der Waals surface area contributed by atoms with Crippen LogP contribution in [-0.2, 0) is 4.79 Å². The summed E-state index contributed by atoms with van der Waals surface area (Å²) >= 11 is 0. The second-order valence-corrected chi connectivity index (χ2v) is 4.94. The zero-order valence-corrected chi connectivity index (χ0v) is 10.4. The number of hydrogen-bond acceptors (Lipinski definition) is 2. The van der Waals surface area contributed by atoms with Crippen LogP contribution in [0, 0.1) is 17.7 Å². The number of carboxylic acids is 1. The molecule has 1 aromatic carbocycles. The van der Waals surface area contributed by atoms with E-state index in [0.29, 0.717) is 6.54 Å². The van der Waals surface area contributed by atoms with Crippen molar-refractivity contribution in [1.82, 2.24) is 5.32 Å². The fourth-order valence-corrected chi connectivity index (χ4v) is 2.71. The van der Waals surface area contributed by atoms with Crippen LogP contribution in [0.1, 0.15) is 24.8 Å². The van der Waals surface area contributed by atoms with Crippen LogP contribution in [-0.4, -0.2) is 24.2 Å². The Morgan fingerprint density at radius 2 is 2.11 bits per heavy atom. The quantitative estimate of drug-likeness (QED) is 0.866. The van der Waals surface area contributed by atoms with Gasteiger partial charge in [0, 0.05) is 0 Å². The Labute approximate surface area is 106 Å². The van der Waals surface area contributed by atoms with Gasteiger partial charge in [0.2, 0.25) is 0 Å². The molecule has 0 aromatic heterocycles. The van der Waals surface area contributed by atoms with Crippen LogP contribution in [0.25, 0.3) is 0 Å². The van der Waals surface area contributed by atoms with Gasteiger partial charge in [-0.15, -0.1) is 0 Å². The Bertz CT molecular complexity index is 418. The normalized spacial score (nSPS) is 25.7. The van der Waals surface area contributed by atoms with Gasteiger partial charge in [-0.25, -0.2) is 4.39 Å². The van der Waals surface area contributed by atoms with Gasteiger partial charge in [0.05, 0.1) is 5.92 Å². The highest BCUT2D eigenvalue weighted by Gasteiger charge is 2.33. The van der Waals surface area contributed by atoms with Gasteiger partial charge in [-0.05, 0) is 49.0 Å². The number of halogens is 1. The average molecular weight is 251 g/mol. The molecule has 0 saturated carbocycles. The van der Waals surface area contributed by atoms with E-state index >= 15 is 0 Å². The molecular weight excluding hydrogens is 233 g/mol. The SMILES string of the molecule is CC(C(=O)O)[C@H]1CNCC[C@@H]1c1ccc(F)cc1. The first-order valence-electron chi connectivity index (χ1n) is 6.28. The van der Waals surface area contributed by atoms with E-state index in [1.807, 2.05) is 0 Å². The highest BCUT2D eigenvalue weighted by molar-refractivity contribution is 5.70. The number of piperidine rings is 1. The van der Waals surface area contributed by atoms with Gasteiger partial charge in [-0.2, -0.15) is 0 Å². The molecule has 0 bridgehead atoms. The maximum Gasteiger partial charge on any atom is 0.306 e. The van der Waals surface area contributed by atoms with Crippen molar-refractivity contribution in [3.8, 4) is 0 Å². The maximum atomic E-state index is 12.9. The van der Waals surface area contributed by atoms with Crippen molar-refractivity contribution in [2.75, 3.05) is 13.1 Å². The van der Waals surface area contributed by atoms with Gasteiger partial charge < -0.3 is 10.4 Å². The minimum Gasteiger partial charge on any atom is -0.481 e. The smallest absolute Gasteiger partial charge is 0.306 e. The van der Waals surface area contributed by atoms with Crippen molar-refractivity contribution in [2.45, 2.75) is 19.3 Å². The van der Waals surface area contributed by atoms with Gasteiger partial charge in [-0.3, -0.25) is 4.79 Å². The minimum atomic E-state index is -0.768. The minimum absolute atomic E-state index is 0.0571. The Kier molecular flexibility index (Phi) is 3.97. The summed E-state index contributed by atoms with van der Waals surface area (Å²) in [5.74, 6) is -1.17. The van der Waals surface area contributed by atoms with Gasteiger partial charge in [0.15, 0.2) is 0 Å². The van der Waals surface area contributed by atoms with E-state index in [-0.39, 0.29) is 17.7 Å². The third-order valence-corrected chi connectivity index (χ3v) is 3.86. The molecule has 1 saturated heterocycles. The summed E-state index contributed by atoms with van der Waals surface area (Å²) in [4.78, 5) is 11.1. The lowest BCUT2D eigenvalue weighted by Gasteiger charge is -2.35. The summed E-state index contributed by atoms with van der Waals surface area (Å²) in [6.45, 7) is 3.33. The highest BCUT2D eigenvalue weighted by atomic mass is 19.1. The van der Waals surface area contributed by atoms with E-state index < -0.39 is 11.9 Å². The summed E-state index contributed by atoms with van der Waals surface area (Å²) in [7, 11) is 0. The van der Waals surface area contributed by atoms with Gasteiger partial charge >= 0.3 is 5.97 Å².